The molecule has 0 N–H and O–H groups in total. The molecule has 0 saturated heterocycles. The van der Waals surface area contributed by atoms with Crippen LogP contribution >= 0.6 is 0 Å². The number of rotatable bonds is 7. The monoisotopic (exact) mass is 320 g/mol. The highest BCUT2D eigenvalue weighted by molar-refractivity contribution is 5.05. The first-order valence-corrected chi connectivity index (χ1v) is 10.1. The van der Waals surface area contributed by atoms with E-state index in [1.54, 1.807) is 0 Å². The molecule has 0 bridgehead atoms. The average Bonchev–Trinajstić information content (AvgIpc) is 2.98. The summed E-state index contributed by atoms with van der Waals surface area (Å²) in [5.41, 5.74) is 0.361. The van der Waals surface area contributed by atoms with Crippen LogP contribution in [-0.4, -0.2) is 6.17 Å². The van der Waals surface area contributed by atoms with E-state index in [-0.39, 0.29) is 0 Å². The molecule has 0 radical (unpaired) electrons. The first kappa shape index (κ1) is 18.8. The number of hydrogen-bond acceptors (Lipinski definition) is 0. The lowest BCUT2D eigenvalue weighted by molar-refractivity contribution is 0.0712. The third-order valence-corrected chi connectivity index (χ3v) is 7.28. The maximum atomic E-state index is 13.9. The molecule has 2 aliphatic rings. The van der Waals surface area contributed by atoms with E-state index in [0.29, 0.717) is 17.3 Å². The predicted molar refractivity (Wildman–Crippen MR) is 97.9 cm³/mol. The van der Waals surface area contributed by atoms with E-state index in [2.05, 4.69) is 26.7 Å². The molecule has 2 aliphatic carbocycles. The predicted octanol–water partition coefficient (Wildman–Crippen LogP) is 6.79. The standard InChI is InChI=1S/C22H37F/c1-5-17(4)15-20(6-2)22(7-3)13-11-18(12-14-22)16-19-9-8-10-21(19)23/h2,17-21H,5,7-16H2,1,3-4H3. The van der Waals surface area contributed by atoms with Crippen LogP contribution in [0.15, 0.2) is 0 Å². The van der Waals surface area contributed by atoms with Gasteiger partial charge < -0.3 is 0 Å². The minimum atomic E-state index is -0.517. The first-order chi connectivity index (χ1) is 11.0. The van der Waals surface area contributed by atoms with E-state index in [9.17, 15) is 4.39 Å². The molecule has 0 spiro atoms. The maximum Gasteiger partial charge on any atom is 0.103 e. The Morgan fingerprint density at radius 1 is 1.17 bits per heavy atom. The third kappa shape index (κ3) is 4.52. The normalized spacial score (nSPS) is 37.3. The van der Waals surface area contributed by atoms with Crippen LogP contribution in [0.5, 0.6) is 0 Å². The fraction of sp³-hybridized carbons (Fsp3) is 0.909. The molecule has 0 aromatic rings. The van der Waals surface area contributed by atoms with Crippen LogP contribution in [0.3, 0.4) is 0 Å². The van der Waals surface area contributed by atoms with Crippen LogP contribution in [0.25, 0.3) is 0 Å². The van der Waals surface area contributed by atoms with Crippen LogP contribution in [0.1, 0.15) is 91.4 Å². The number of terminal acetylenes is 1. The Kier molecular flexibility index (Phi) is 7.00. The molecule has 4 unspecified atom stereocenters. The van der Waals surface area contributed by atoms with Crippen molar-refractivity contribution < 1.29 is 4.39 Å². The van der Waals surface area contributed by atoms with Crippen molar-refractivity contribution in [2.45, 2.75) is 97.6 Å². The van der Waals surface area contributed by atoms with Crippen molar-refractivity contribution in [3.63, 3.8) is 0 Å². The highest BCUT2D eigenvalue weighted by atomic mass is 19.1. The van der Waals surface area contributed by atoms with E-state index >= 15 is 0 Å². The second kappa shape index (κ2) is 8.55. The van der Waals surface area contributed by atoms with Crippen LogP contribution in [-0.2, 0) is 0 Å². The maximum absolute atomic E-state index is 13.9. The minimum Gasteiger partial charge on any atom is -0.247 e. The summed E-state index contributed by atoms with van der Waals surface area (Å²) in [5.74, 6) is 5.43. The van der Waals surface area contributed by atoms with Gasteiger partial charge >= 0.3 is 0 Å². The van der Waals surface area contributed by atoms with Gasteiger partial charge in [-0.2, -0.15) is 0 Å². The zero-order valence-corrected chi connectivity index (χ0v) is 15.6. The largest absolute Gasteiger partial charge is 0.247 e. The van der Waals surface area contributed by atoms with E-state index < -0.39 is 6.17 Å². The second-order valence-corrected chi connectivity index (χ2v) is 8.57. The average molecular weight is 321 g/mol. The summed E-state index contributed by atoms with van der Waals surface area (Å²) in [5, 5.41) is 0. The molecule has 23 heavy (non-hydrogen) atoms. The molecule has 0 aliphatic heterocycles. The van der Waals surface area contributed by atoms with Gasteiger partial charge in [0, 0.05) is 5.92 Å². The van der Waals surface area contributed by atoms with Crippen molar-refractivity contribution in [1.82, 2.24) is 0 Å². The van der Waals surface area contributed by atoms with Gasteiger partial charge in [0.2, 0.25) is 0 Å². The molecule has 0 nitrogen and oxygen atoms in total. The number of alkyl halides is 1. The Balaban J connectivity index is 1.91. The fourth-order valence-electron chi connectivity index (χ4n) is 5.19. The van der Waals surface area contributed by atoms with Gasteiger partial charge in [-0.1, -0.05) is 33.6 Å². The summed E-state index contributed by atoms with van der Waals surface area (Å²) in [4.78, 5) is 0. The van der Waals surface area contributed by atoms with E-state index in [4.69, 9.17) is 6.42 Å². The molecule has 4 atom stereocenters. The quantitative estimate of drug-likeness (QED) is 0.453. The van der Waals surface area contributed by atoms with Gasteiger partial charge in [-0.15, -0.1) is 12.3 Å². The molecular formula is C22H37F. The van der Waals surface area contributed by atoms with Crippen molar-refractivity contribution in [3.05, 3.63) is 0 Å². The summed E-state index contributed by atoms with van der Waals surface area (Å²) in [6.07, 6.45) is 18.3. The van der Waals surface area contributed by atoms with Gasteiger partial charge in [0.05, 0.1) is 0 Å². The van der Waals surface area contributed by atoms with Gasteiger partial charge in [-0.3, -0.25) is 0 Å². The third-order valence-electron chi connectivity index (χ3n) is 7.28. The summed E-state index contributed by atoms with van der Waals surface area (Å²) >= 11 is 0. The number of halogens is 1. The lowest BCUT2D eigenvalue weighted by atomic mass is 9.60. The summed E-state index contributed by atoms with van der Waals surface area (Å²) in [6, 6.07) is 0. The van der Waals surface area contributed by atoms with Crippen LogP contribution < -0.4 is 0 Å². The van der Waals surface area contributed by atoms with Crippen molar-refractivity contribution in [2.75, 3.05) is 0 Å². The molecule has 2 rings (SSSR count). The summed E-state index contributed by atoms with van der Waals surface area (Å²) in [7, 11) is 0. The molecule has 0 amide bonds. The van der Waals surface area contributed by atoms with E-state index in [1.807, 2.05) is 0 Å². The topological polar surface area (TPSA) is 0 Å². The van der Waals surface area contributed by atoms with Crippen LogP contribution in [0.2, 0.25) is 0 Å². The second-order valence-electron chi connectivity index (χ2n) is 8.57. The van der Waals surface area contributed by atoms with Crippen molar-refractivity contribution in [3.8, 4) is 12.3 Å². The molecule has 1 heteroatoms. The first-order valence-electron chi connectivity index (χ1n) is 10.1. The van der Waals surface area contributed by atoms with Crippen molar-refractivity contribution in [2.24, 2.45) is 29.1 Å². The summed E-state index contributed by atoms with van der Waals surface area (Å²) in [6.45, 7) is 6.93. The lowest BCUT2D eigenvalue weighted by Gasteiger charge is -2.44. The Labute approximate surface area is 144 Å². The zero-order valence-electron chi connectivity index (χ0n) is 15.6. The van der Waals surface area contributed by atoms with Crippen LogP contribution in [0.4, 0.5) is 4.39 Å². The SMILES string of the molecule is C#CC(CC(C)CC)C1(CC)CCC(CC2CCCC2F)CC1. The molecule has 132 valence electrons. The van der Waals surface area contributed by atoms with Gasteiger partial charge in [-0.05, 0) is 81.0 Å². The van der Waals surface area contributed by atoms with Gasteiger partial charge in [0.25, 0.3) is 0 Å². The lowest BCUT2D eigenvalue weighted by Crippen LogP contribution is -2.35. The van der Waals surface area contributed by atoms with Gasteiger partial charge in [-0.25, -0.2) is 4.39 Å². The number of hydrogen-bond donors (Lipinski definition) is 0. The molecule has 0 aromatic heterocycles. The van der Waals surface area contributed by atoms with Crippen molar-refractivity contribution >= 4 is 0 Å². The molecule has 0 aromatic carbocycles. The Hall–Kier alpha value is -0.510. The molecule has 2 saturated carbocycles. The Morgan fingerprint density at radius 2 is 1.87 bits per heavy atom. The Morgan fingerprint density at radius 3 is 2.35 bits per heavy atom. The van der Waals surface area contributed by atoms with Gasteiger partial charge in [0.15, 0.2) is 0 Å². The van der Waals surface area contributed by atoms with Crippen molar-refractivity contribution in [1.29, 1.82) is 0 Å². The highest BCUT2D eigenvalue weighted by Crippen LogP contribution is 2.50. The summed E-state index contributed by atoms with van der Waals surface area (Å²) < 4.78 is 13.9. The van der Waals surface area contributed by atoms with E-state index in [0.717, 1.165) is 37.5 Å². The molecule has 2 fully saturated rings. The Bertz CT molecular complexity index is 385. The molecular weight excluding hydrogens is 283 g/mol. The zero-order chi connectivity index (χ0) is 16.9. The minimum absolute atomic E-state index is 0.359. The molecule has 0 heterocycles. The van der Waals surface area contributed by atoms with E-state index in [1.165, 1.54) is 44.9 Å². The highest BCUT2D eigenvalue weighted by Gasteiger charge is 2.41. The van der Waals surface area contributed by atoms with Gasteiger partial charge in [0.1, 0.15) is 6.17 Å². The fourth-order valence-corrected chi connectivity index (χ4v) is 5.19. The van der Waals surface area contributed by atoms with Crippen LogP contribution in [0, 0.1) is 41.4 Å². The smallest absolute Gasteiger partial charge is 0.103 e.